The van der Waals surface area contributed by atoms with E-state index in [1.165, 1.54) is 6.07 Å². The number of H-pyrrole nitrogens is 2. The van der Waals surface area contributed by atoms with Gasteiger partial charge in [-0.2, -0.15) is 0 Å². The van der Waals surface area contributed by atoms with Crippen LogP contribution in [-0.2, 0) is 4.74 Å². The number of carbonyl (C=O) groups is 1. The first-order valence-electron chi connectivity index (χ1n) is 5.34. The number of hydrogen-bond acceptors (Lipinski definition) is 5. The molecule has 0 atom stereocenters. The second-order valence-electron chi connectivity index (χ2n) is 3.65. The van der Waals surface area contributed by atoms with Crippen molar-refractivity contribution in [3.05, 3.63) is 38.2 Å². The van der Waals surface area contributed by atoms with E-state index in [1.54, 1.807) is 13.8 Å². The van der Waals surface area contributed by atoms with Gasteiger partial charge in [-0.05, 0) is 19.9 Å². The molecule has 0 unspecified atom stereocenters. The van der Waals surface area contributed by atoms with Crippen LogP contribution in [0, 0.1) is 6.92 Å². The zero-order valence-electron chi connectivity index (χ0n) is 9.86. The molecule has 0 aliphatic rings. The first-order chi connectivity index (χ1) is 8.52. The second kappa shape index (κ2) is 4.44. The zero-order valence-corrected chi connectivity index (χ0v) is 9.86. The summed E-state index contributed by atoms with van der Waals surface area (Å²) in [5, 5.41) is 0.142. The molecule has 2 rings (SSSR count). The first-order valence-corrected chi connectivity index (χ1v) is 5.34. The van der Waals surface area contributed by atoms with Crippen molar-refractivity contribution in [1.82, 2.24) is 15.0 Å². The van der Waals surface area contributed by atoms with Crippen LogP contribution in [0.5, 0.6) is 0 Å². The van der Waals surface area contributed by atoms with Crippen LogP contribution in [0.15, 0.2) is 15.7 Å². The number of esters is 1. The van der Waals surface area contributed by atoms with Crippen LogP contribution in [0.3, 0.4) is 0 Å². The molecule has 0 amide bonds. The van der Waals surface area contributed by atoms with Crippen LogP contribution in [0.2, 0.25) is 0 Å². The third kappa shape index (κ3) is 2.02. The smallest absolute Gasteiger partial charge is 0.339 e. The molecule has 0 bridgehead atoms. The summed E-state index contributed by atoms with van der Waals surface area (Å²) in [6.07, 6.45) is 0. The van der Waals surface area contributed by atoms with E-state index in [-0.39, 0.29) is 23.2 Å². The predicted octanol–water partition coefficient (Wildman–Crippen LogP) is 0.0965. The Morgan fingerprint density at radius 3 is 2.78 bits per heavy atom. The molecule has 0 fully saturated rings. The maximum Gasteiger partial charge on any atom is 0.339 e. The molecule has 7 heteroatoms. The monoisotopic (exact) mass is 249 g/mol. The van der Waals surface area contributed by atoms with Gasteiger partial charge in [-0.1, -0.05) is 0 Å². The predicted molar refractivity (Wildman–Crippen MR) is 63.7 cm³/mol. The number of nitrogens with one attached hydrogen (secondary N) is 2. The van der Waals surface area contributed by atoms with Crippen molar-refractivity contribution in [1.29, 1.82) is 0 Å². The maximum atomic E-state index is 11.6. The fourth-order valence-electron chi connectivity index (χ4n) is 1.60. The van der Waals surface area contributed by atoms with Gasteiger partial charge in [0.2, 0.25) is 0 Å². The van der Waals surface area contributed by atoms with Gasteiger partial charge in [0, 0.05) is 0 Å². The van der Waals surface area contributed by atoms with E-state index >= 15 is 0 Å². The van der Waals surface area contributed by atoms with Gasteiger partial charge in [-0.15, -0.1) is 0 Å². The summed E-state index contributed by atoms with van der Waals surface area (Å²) in [4.78, 5) is 42.8. The maximum absolute atomic E-state index is 11.6. The lowest BCUT2D eigenvalue weighted by molar-refractivity contribution is 0.0525. The third-order valence-electron chi connectivity index (χ3n) is 2.41. The van der Waals surface area contributed by atoms with E-state index in [0.29, 0.717) is 5.69 Å². The molecule has 2 aromatic rings. The SMILES string of the molecule is CCOC(=O)c1cc2c(=O)[nH]c(=O)[nH]c2nc1C. The minimum Gasteiger partial charge on any atom is -0.462 e. The lowest BCUT2D eigenvalue weighted by atomic mass is 10.1. The molecule has 0 saturated carbocycles. The Labute approximate surface area is 101 Å². The van der Waals surface area contributed by atoms with Crippen LogP contribution < -0.4 is 11.2 Å². The molecule has 0 radical (unpaired) electrons. The van der Waals surface area contributed by atoms with E-state index < -0.39 is 17.2 Å². The Balaban J connectivity index is 2.72. The third-order valence-corrected chi connectivity index (χ3v) is 2.41. The summed E-state index contributed by atoms with van der Waals surface area (Å²) in [6, 6.07) is 1.37. The molecule has 2 N–H and O–H groups in total. The summed E-state index contributed by atoms with van der Waals surface area (Å²) in [7, 11) is 0. The van der Waals surface area contributed by atoms with Crippen molar-refractivity contribution >= 4 is 17.0 Å². The standard InChI is InChI=1S/C11H11N3O4/c1-3-18-10(16)6-4-7-8(12-5(6)2)13-11(17)14-9(7)15/h4H,3H2,1-2H3,(H2,12,13,14,15,17). The summed E-state index contributed by atoms with van der Waals surface area (Å²) in [5.74, 6) is -0.546. The quantitative estimate of drug-likeness (QED) is 0.734. The van der Waals surface area contributed by atoms with Gasteiger partial charge in [0.15, 0.2) is 0 Å². The van der Waals surface area contributed by atoms with Crippen molar-refractivity contribution in [2.24, 2.45) is 0 Å². The summed E-state index contributed by atoms with van der Waals surface area (Å²) in [5.41, 5.74) is -0.478. The first kappa shape index (κ1) is 12.0. The fraction of sp³-hybridized carbons (Fsp3) is 0.273. The molecule has 7 nitrogen and oxygen atoms in total. The van der Waals surface area contributed by atoms with E-state index in [9.17, 15) is 14.4 Å². The molecule has 0 aliphatic heterocycles. The van der Waals surface area contributed by atoms with E-state index in [2.05, 4.69) is 15.0 Å². The van der Waals surface area contributed by atoms with Gasteiger partial charge in [-0.3, -0.25) is 14.8 Å². The molecule has 18 heavy (non-hydrogen) atoms. The van der Waals surface area contributed by atoms with Gasteiger partial charge >= 0.3 is 11.7 Å². The highest BCUT2D eigenvalue weighted by atomic mass is 16.5. The molecule has 0 spiro atoms. The van der Waals surface area contributed by atoms with Crippen LogP contribution in [0.25, 0.3) is 11.0 Å². The number of fused-ring (bicyclic) bond motifs is 1. The van der Waals surface area contributed by atoms with Crippen LogP contribution in [0.4, 0.5) is 0 Å². The molecule has 2 aromatic heterocycles. The number of nitrogens with zero attached hydrogens (tertiary/aromatic N) is 1. The number of rotatable bonds is 2. The molecule has 0 aliphatic carbocycles. The molecular formula is C11H11N3O4. The average molecular weight is 249 g/mol. The summed E-state index contributed by atoms with van der Waals surface area (Å²) >= 11 is 0. The summed E-state index contributed by atoms with van der Waals surface area (Å²) < 4.78 is 4.86. The van der Waals surface area contributed by atoms with Gasteiger partial charge in [0.1, 0.15) is 5.65 Å². The van der Waals surface area contributed by atoms with E-state index in [0.717, 1.165) is 0 Å². The molecular weight excluding hydrogens is 238 g/mol. The highest BCUT2D eigenvalue weighted by Gasteiger charge is 2.14. The van der Waals surface area contributed by atoms with Crippen molar-refractivity contribution in [3.8, 4) is 0 Å². The number of hydrogen-bond donors (Lipinski definition) is 2. The lowest BCUT2D eigenvalue weighted by Gasteiger charge is -2.05. The Hall–Kier alpha value is -2.44. The minimum absolute atomic E-state index is 0.142. The normalized spacial score (nSPS) is 10.6. The van der Waals surface area contributed by atoms with Gasteiger partial charge in [0.05, 0.1) is 23.3 Å². The van der Waals surface area contributed by atoms with Gasteiger partial charge in [-0.25, -0.2) is 14.6 Å². The largest absolute Gasteiger partial charge is 0.462 e. The Bertz CT molecular complexity index is 729. The van der Waals surface area contributed by atoms with Gasteiger partial charge in [0.25, 0.3) is 5.56 Å². The average Bonchev–Trinajstić information content (AvgIpc) is 2.27. The lowest BCUT2D eigenvalue weighted by Crippen LogP contribution is -2.23. The molecule has 94 valence electrons. The molecule has 0 aromatic carbocycles. The Morgan fingerprint density at radius 2 is 2.11 bits per heavy atom. The van der Waals surface area contributed by atoms with Crippen LogP contribution in [-0.4, -0.2) is 27.5 Å². The molecule has 2 heterocycles. The highest BCUT2D eigenvalue weighted by molar-refractivity contribution is 5.94. The Kier molecular flexibility index (Phi) is 2.97. The van der Waals surface area contributed by atoms with E-state index in [1.807, 2.05) is 0 Å². The van der Waals surface area contributed by atoms with Crippen LogP contribution in [0.1, 0.15) is 23.0 Å². The number of ether oxygens (including phenoxy) is 1. The minimum atomic E-state index is -0.636. The number of carbonyl (C=O) groups excluding carboxylic acids is 1. The van der Waals surface area contributed by atoms with Crippen molar-refractivity contribution in [2.75, 3.05) is 6.61 Å². The molecule has 0 saturated heterocycles. The highest BCUT2D eigenvalue weighted by Crippen LogP contribution is 2.11. The number of pyridine rings is 1. The number of aryl methyl sites for hydroxylation is 1. The number of aromatic amines is 2. The van der Waals surface area contributed by atoms with Crippen molar-refractivity contribution < 1.29 is 9.53 Å². The fourth-order valence-corrected chi connectivity index (χ4v) is 1.60. The van der Waals surface area contributed by atoms with Crippen molar-refractivity contribution in [3.63, 3.8) is 0 Å². The Morgan fingerprint density at radius 1 is 1.39 bits per heavy atom. The van der Waals surface area contributed by atoms with E-state index in [4.69, 9.17) is 4.74 Å². The van der Waals surface area contributed by atoms with Crippen molar-refractivity contribution in [2.45, 2.75) is 13.8 Å². The second-order valence-corrected chi connectivity index (χ2v) is 3.65. The van der Waals surface area contributed by atoms with Gasteiger partial charge < -0.3 is 4.74 Å². The zero-order chi connectivity index (χ0) is 13.3. The summed E-state index contributed by atoms with van der Waals surface area (Å²) in [6.45, 7) is 3.52. The topological polar surface area (TPSA) is 105 Å². The number of aromatic nitrogens is 3. The van der Waals surface area contributed by atoms with Crippen LogP contribution >= 0.6 is 0 Å².